The Hall–Kier alpha value is -2.16. The summed E-state index contributed by atoms with van der Waals surface area (Å²) in [5, 5.41) is 9.43. The summed E-state index contributed by atoms with van der Waals surface area (Å²) in [6, 6.07) is 11.1. The smallest absolute Gasteiger partial charge is 0.317 e. The lowest BCUT2D eigenvalue weighted by Crippen LogP contribution is -2.15. The maximum atomic E-state index is 11.5. The van der Waals surface area contributed by atoms with E-state index in [1.807, 2.05) is 38.1 Å². The van der Waals surface area contributed by atoms with Crippen LogP contribution in [0.4, 0.5) is 0 Å². The average Bonchev–Trinajstić information content (AvgIpc) is 2.33. The van der Waals surface area contributed by atoms with Crippen molar-refractivity contribution in [3.63, 3.8) is 0 Å². The number of hydrogen-bond donors (Lipinski definition) is 1. The van der Waals surface area contributed by atoms with E-state index >= 15 is 0 Å². The van der Waals surface area contributed by atoms with Crippen LogP contribution in [-0.2, 0) is 4.79 Å². The second kappa shape index (κ2) is 5.00. The van der Waals surface area contributed by atoms with Crippen LogP contribution in [-0.4, -0.2) is 16.1 Å². The summed E-state index contributed by atoms with van der Waals surface area (Å²) in [5.41, 5.74) is 3.47. The molecule has 2 aromatic rings. The predicted molar refractivity (Wildman–Crippen MR) is 69.6 cm³/mol. The monoisotopic (exact) mass is 241 g/mol. The molecule has 0 aliphatic carbocycles. The molecule has 18 heavy (non-hydrogen) atoms. The third-order valence-corrected chi connectivity index (χ3v) is 2.97. The van der Waals surface area contributed by atoms with Crippen molar-refractivity contribution < 1.29 is 9.90 Å². The van der Waals surface area contributed by atoms with Crippen LogP contribution in [0.5, 0.6) is 0 Å². The minimum absolute atomic E-state index is 0.567. The average molecular weight is 241 g/mol. The molecule has 2 rings (SSSR count). The number of rotatable bonds is 3. The van der Waals surface area contributed by atoms with Gasteiger partial charge in [0.25, 0.3) is 0 Å². The number of aryl methyl sites for hydroxylation is 2. The quantitative estimate of drug-likeness (QED) is 0.898. The molecule has 3 heteroatoms. The summed E-state index contributed by atoms with van der Waals surface area (Å²) < 4.78 is 0. The Morgan fingerprint density at radius 2 is 2.00 bits per heavy atom. The molecular formula is C15H15NO2. The lowest BCUT2D eigenvalue weighted by Gasteiger charge is -2.15. The first-order chi connectivity index (χ1) is 8.59. The Balaban J connectivity index is 2.52. The van der Waals surface area contributed by atoms with Crippen LogP contribution in [0.3, 0.4) is 0 Å². The molecule has 0 saturated heterocycles. The van der Waals surface area contributed by atoms with E-state index in [1.54, 1.807) is 18.3 Å². The second-order valence-electron chi connectivity index (χ2n) is 4.39. The largest absolute Gasteiger partial charge is 0.480 e. The van der Waals surface area contributed by atoms with Crippen molar-refractivity contribution in [2.45, 2.75) is 19.8 Å². The van der Waals surface area contributed by atoms with Crippen molar-refractivity contribution in [3.05, 3.63) is 65.0 Å². The highest BCUT2D eigenvalue weighted by Gasteiger charge is 2.24. The van der Waals surface area contributed by atoms with Gasteiger partial charge in [-0.25, -0.2) is 0 Å². The normalized spacial score (nSPS) is 12.1. The van der Waals surface area contributed by atoms with Gasteiger partial charge in [-0.1, -0.05) is 29.8 Å². The van der Waals surface area contributed by atoms with Crippen LogP contribution in [0.2, 0.25) is 0 Å². The Labute approximate surface area is 106 Å². The number of hydrogen-bond acceptors (Lipinski definition) is 2. The molecule has 0 radical (unpaired) electrons. The molecule has 1 aromatic heterocycles. The first-order valence-electron chi connectivity index (χ1n) is 5.80. The first-order valence-corrected chi connectivity index (χ1v) is 5.80. The topological polar surface area (TPSA) is 50.2 Å². The SMILES string of the molecule is Cc1ccc(C(C(=O)O)c2ccccn2)c(C)c1. The van der Waals surface area contributed by atoms with Gasteiger partial charge in [0, 0.05) is 6.20 Å². The number of pyridine rings is 1. The van der Waals surface area contributed by atoms with Crippen molar-refractivity contribution in [1.82, 2.24) is 4.98 Å². The molecular weight excluding hydrogens is 226 g/mol. The zero-order chi connectivity index (χ0) is 13.1. The van der Waals surface area contributed by atoms with Crippen LogP contribution in [0.1, 0.15) is 28.3 Å². The fourth-order valence-electron chi connectivity index (χ4n) is 2.12. The number of nitrogens with zero attached hydrogens (tertiary/aromatic N) is 1. The molecule has 1 heterocycles. The number of aliphatic carboxylic acids is 1. The minimum atomic E-state index is -0.874. The van der Waals surface area contributed by atoms with Gasteiger partial charge in [-0.05, 0) is 37.1 Å². The van der Waals surface area contributed by atoms with Gasteiger partial charge in [-0.3, -0.25) is 9.78 Å². The molecule has 0 aliphatic heterocycles. The molecule has 0 aliphatic rings. The molecule has 1 aromatic carbocycles. The van der Waals surface area contributed by atoms with Crippen molar-refractivity contribution in [2.75, 3.05) is 0 Å². The van der Waals surface area contributed by atoms with E-state index in [2.05, 4.69) is 4.98 Å². The van der Waals surface area contributed by atoms with Gasteiger partial charge in [-0.2, -0.15) is 0 Å². The number of carboxylic acids is 1. The van der Waals surface area contributed by atoms with Gasteiger partial charge in [0.15, 0.2) is 0 Å². The van der Waals surface area contributed by atoms with Gasteiger partial charge < -0.3 is 5.11 Å². The summed E-state index contributed by atoms with van der Waals surface area (Å²) >= 11 is 0. The van der Waals surface area contributed by atoms with Gasteiger partial charge in [0.05, 0.1) is 5.69 Å². The van der Waals surface area contributed by atoms with Crippen LogP contribution in [0.15, 0.2) is 42.6 Å². The molecule has 3 nitrogen and oxygen atoms in total. The van der Waals surface area contributed by atoms with Crippen LogP contribution >= 0.6 is 0 Å². The van der Waals surface area contributed by atoms with Crippen molar-refractivity contribution in [3.8, 4) is 0 Å². The lowest BCUT2D eigenvalue weighted by atomic mass is 9.91. The highest BCUT2D eigenvalue weighted by Crippen LogP contribution is 2.26. The molecule has 92 valence electrons. The van der Waals surface area contributed by atoms with E-state index in [-0.39, 0.29) is 0 Å². The number of carbonyl (C=O) groups is 1. The predicted octanol–water partition coefficient (Wildman–Crippen LogP) is 2.91. The standard InChI is InChI=1S/C15H15NO2/c1-10-6-7-12(11(2)9-10)14(15(17)18)13-5-3-4-8-16-13/h3-9,14H,1-2H3,(H,17,18). The third kappa shape index (κ3) is 2.40. The Kier molecular flexibility index (Phi) is 3.42. The minimum Gasteiger partial charge on any atom is -0.480 e. The van der Waals surface area contributed by atoms with Crippen molar-refractivity contribution in [1.29, 1.82) is 0 Å². The first kappa shape index (κ1) is 12.3. The Morgan fingerprint density at radius 1 is 1.22 bits per heavy atom. The molecule has 0 amide bonds. The summed E-state index contributed by atoms with van der Waals surface area (Å²) in [4.78, 5) is 15.7. The molecule has 0 bridgehead atoms. The summed E-state index contributed by atoms with van der Waals surface area (Å²) in [6.45, 7) is 3.93. The lowest BCUT2D eigenvalue weighted by molar-refractivity contribution is -0.137. The van der Waals surface area contributed by atoms with Gasteiger partial charge in [-0.15, -0.1) is 0 Å². The van der Waals surface area contributed by atoms with Gasteiger partial charge in [0.1, 0.15) is 5.92 Å². The fraction of sp³-hybridized carbons (Fsp3) is 0.200. The van der Waals surface area contributed by atoms with E-state index in [4.69, 9.17) is 0 Å². The zero-order valence-corrected chi connectivity index (χ0v) is 10.4. The van der Waals surface area contributed by atoms with Crippen molar-refractivity contribution >= 4 is 5.97 Å². The van der Waals surface area contributed by atoms with Crippen molar-refractivity contribution in [2.24, 2.45) is 0 Å². The highest BCUT2D eigenvalue weighted by molar-refractivity contribution is 5.80. The summed E-state index contributed by atoms with van der Waals surface area (Å²) in [5.74, 6) is -1.58. The second-order valence-corrected chi connectivity index (χ2v) is 4.39. The number of aromatic nitrogens is 1. The summed E-state index contributed by atoms with van der Waals surface area (Å²) in [6.07, 6.45) is 1.62. The van der Waals surface area contributed by atoms with Crippen LogP contribution < -0.4 is 0 Å². The molecule has 1 unspecified atom stereocenters. The van der Waals surface area contributed by atoms with Crippen LogP contribution in [0, 0.1) is 13.8 Å². The third-order valence-electron chi connectivity index (χ3n) is 2.97. The van der Waals surface area contributed by atoms with E-state index in [9.17, 15) is 9.90 Å². The van der Waals surface area contributed by atoms with E-state index in [0.29, 0.717) is 5.69 Å². The Bertz CT molecular complexity index is 564. The van der Waals surface area contributed by atoms with Crippen LogP contribution in [0.25, 0.3) is 0 Å². The van der Waals surface area contributed by atoms with E-state index in [1.165, 1.54) is 0 Å². The van der Waals surface area contributed by atoms with Gasteiger partial charge >= 0.3 is 5.97 Å². The molecule has 0 fully saturated rings. The molecule has 0 saturated carbocycles. The maximum Gasteiger partial charge on any atom is 0.317 e. The molecule has 1 N–H and O–H groups in total. The Morgan fingerprint density at radius 3 is 2.56 bits per heavy atom. The number of carboxylic acid groups (broad SMARTS) is 1. The highest BCUT2D eigenvalue weighted by atomic mass is 16.4. The zero-order valence-electron chi connectivity index (χ0n) is 10.4. The maximum absolute atomic E-state index is 11.5. The van der Waals surface area contributed by atoms with E-state index in [0.717, 1.165) is 16.7 Å². The number of benzene rings is 1. The molecule has 0 spiro atoms. The fourth-order valence-corrected chi connectivity index (χ4v) is 2.12. The summed E-state index contributed by atoms with van der Waals surface area (Å²) in [7, 11) is 0. The van der Waals surface area contributed by atoms with E-state index < -0.39 is 11.9 Å². The molecule has 1 atom stereocenters. The van der Waals surface area contributed by atoms with Gasteiger partial charge in [0.2, 0.25) is 0 Å².